The van der Waals surface area contributed by atoms with E-state index in [4.69, 9.17) is 0 Å². The van der Waals surface area contributed by atoms with E-state index in [1.54, 1.807) is 6.92 Å². The summed E-state index contributed by atoms with van der Waals surface area (Å²) >= 11 is 1.28. The molecule has 1 N–H and O–H groups in total. The summed E-state index contributed by atoms with van der Waals surface area (Å²) in [6.07, 6.45) is 0.933. The van der Waals surface area contributed by atoms with Gasteiger partial charge in [0.15, 0.2) is 5.03 Å². The first-order valence-corrected chi connectivity index (χ1v) is 5.57. The van der Waals surface area contributed by atoms with Crippen molar-refractivity contribution in [1.29, 1.82) is 0 Å². The van der Waals surface area contributed by atoms with E-state index in [9.17, 15) is 14.9 Å². The zero-order valence-corrected chi connectivity index (χ0v) is 9.13. The predicted molar refractivity (Wildman–Crippen MR) is 55.7 cm³/mol. The van der Waals surface area contributed by atoms with Gasteiger partial charge in [-0.05, 0) is 13.3 Å². The topological polar surface area (TPSA) is 81.5 Å². The van der Waals surface area contributed by atoms with E-state index in [2.05, 4.69) is 10.1 Å². The second-order valence-corrected chi connectivity index (χ2v) is 3.89. The van der Waals surface area contributed by atoms with Crippen LogP contribution in [0.5, 0.6) is 0 Å². The molecule has 0 spiro atoms. The van der Waals surface area contributed by atoms with Crippen LogP contribution in [-0.4, -0.2) is 29.8 Å². The van der Waals surface area contributed by atoms with Crippen LogP contribution in [0.3, 0.4) is 0 Å². The summed E-state index contributed by atoms with van der Waals surface area (Å²) in [4.78, 5) is 21.3. The van der Waals surface area contributed by atoms with E-state index < -0.39 is 16.6 Å². The third kappa shape index (κ3) is 3.12. The van der Waals surface area contributed by atoms with E-state index >= 15 is 0 Å². The van der Waals surface area contributed by atoms with Gasteiger partial charge in [-0.25, -0.2) is 4.79 Å². The Morgan fingerprint density at radius 1 is 1.73 bits per heavy atom. The fraction of sp³-hybridized carbons (Fsp3) is 0.625. The van der Waals surface area contributed by atoms with Crippen LogP contribution in [-0.2, 0) is 9.53 Å². The second kappa shape index (κ2) is 5.59. The number of rotatable bonds is 3. The van der Waals surface area contributed by atoms with Crippen LogP contribution < -0.4 is 5.32 Å². The Morgan fingerprint density at radius 2 is 2.47 bits per heavy atom. The maximum absolute atomic E-state index is 11.3. The lowest BCUT2D eigenvalue weighted by atomic mass is 10.4. The van der Waals surface area contributed by atoms with Gasteiger partial charge in [0.05, 0.1) is 11.5 Å². The molecule has 0 aromatic carbocycles. The van der Waals surface area contributed by atoms with Gasteiger partial charge in [-0.1, -0.05) is 0 Å². The normalized spacial score (nSPS) is 19.0. The zero-order valence-electron chi connectivity index (χ0n) is 8.32. The number of nitrogens with one attached hydrogen (secondary N) is 1. The van der Waals surface area contributed by atoms with Crippen LogP contribution in [0, 0.1) is 10.1 Å². The van der Waals surface area contributed by atoms with Gasteiger partial charge in [-0.15, -0.1) is 11.8 Å². The highest BCUT2D eigenvalue weighted by Gasteiger charge is 2.30. The summed E-state index contributed by atoms with van der Waals surface area (Å²) in [5, 5.41) is 13.9. The molecular formula is C8H12N2O4S. The molecule has 15 heavy (non-hydrogen) atoms. The molecule has 1 aliphatic rings. The molecule has 0 aliphatic carbocycles. The molecule has 0 radical (unpaired) electrons. The SMILES string of the molecule is CCOC(=O)/C(=C1\NCCCS1)[N+](=O)[O-]. The molecule has 84 valence electrons. The largest absolute Gasteiger partial charge is 0.458 e. The molecule has 0 bridgehead atoms. The Kier molecular flexibility index (Phi) is 4.41. The summed E-state index contributed by atoms with van der Waals surface area (Å²) < 4.78 is 4.63. The highest BCUT2D eigenvalue weighted by molar-refractivity contribution is 8.03. The van der Waals surface area contributed by atoms with Crippen molar-refractivity contribution in [3.8, 4) is 0 Å². The smallest absolute Gasteiger partial charge is 0.412 e. The van der Waals surface area contributed by atoms with Crippen molar-refractivity contribution in [3.05, 3.63) is 20.8 Å². The second-order valence-electron chi connectivity index (χ2n) is 2.78. The third-order valence-corrected chi connectivity index (χ3v) is 2.84. The first-order valence-electron chi connectivity index (χ1n) is 4.59. The van der Waals surface area contributed by atoms with Gasteiger partial charge >= 0.3 is 11.7 Å². The maximum Gasteiger partial charge on any atom is 0.412 e. The first-order chi connectivity index (χ1) is 7.16. The maximum atomic E-state index is 11.3. The van der Waals surface area contributed by atoms with E-state index in [0.29, 0.717) is 11.6 Å². The van der Waals surface area contributed by atoms with Gasteiger partial charge < -0.3 is 10.1 Å². The number of carbonyl (C=O) groups is 1. The van der Waals surface area contributed by atoms with Crippen LogP contribution in [0.2, 0.25) is 0 Å². The average Bonchev–Trinajstić information content (AvgIpc) is 2.19. The quantitative estimate of drug-likeness (QED) is 0.334. The molecular weight excluding hydrogens is 220 g/mol. The molecule has 0 saturated carbocycles. The van der Waals surface area contributed by atoms with Crippen LogP contribution in [0.4, 0.5) is 0 Å². The minimum absolute atomic E-state index is 0.133. The third-order valence-electron chi connectivity index (χ3n) is 1.72. The summed E-state index contributed by atoms with van der Waals surface area (Å²) in [6.45, 7) is 2.40. The van der Waals surface area contributed by atoms with Crippen molar-refractivity contribution < 1.29 is 14.5 Å². The Morgan fingerprint density at radius 3 is 2.93 bits per heavy atom. The van der Waals surface area contributed by atoms with Crippen LogP contribution in [0.25, 0.3) is 0 Å². The van der Waals surface area contributed by atoms with Gasteiger partial charge in [0.25, 0.3) is 0 Å². The van der Waals surface area contributed by atoms with Crippen molar-refractivity contribution >= 4 is 17.7 Å². The number of ether oxygens (including phenoxy) is 1. The summed E-state index contributed by atoms with van der Waals surface area (Å²) in [6, 6.07) is 0. The lowest BCUT2D eigenvalue weighted by Crippen LogP contribution is -2.26. The number of hydrogen-bond acceptors (Lipinski definition) is 6. The number of esters is 1. The number of nitro groups is 1. The number of nitrogens with zero attached hydrogens (tertiary/aromatic N) is 1. The van der Waals surface area contributed by atoms with E-state index in [0.717, 1.165) is 12.2 Å². The zero-order chi connectivity index (χ0) is 11.3. The highest BCUT2D eigenvalue weighted by Crippen LogP contribution is 2.22. The Labute approximate surface area is 91.2 Å². The Hall–Kier alpha value is -1.24. The van der Waals surface area contributed by atoms with Crippen LogP contribution >= 0.6 is 11.8 Å². The van der Waals surface area contributed by atoms with Gasteiger partial charge in [0, 0.05) is 12.3 Å². The minimum atomic E-state index is -0.876. The summed E-state index contributed by atoms with van der Waals surface area (Å²) in [5.41, 5.74) is -0.485. The standard InChI is InChI=1S/C8H12N2O4S/c1-2-14-8(11)6(10(12)13)7-9-4-3-5-15-7/h9H,2-5H2,1H3/b7-6-. The molecule has 0 atom stereocenters. The van der Waals surface area contributed by atoms with E-state index in [-0.39, 0.29) is 6.61 Å². The molecule has 1 fully saturated rings. The molecule has 1 heterocycles. The molecule has 0 unspecified atom stereocenters. The van der Waals surface area contributed by atoms with Gasteiger partial charge in [0.1, 0.15) is 0 Å². The van der Waals surface area contributed by atoms with Crippen molar-refractivity contribution in [1.82, 2.24) is 5.32 Å². The average molecular weight is 232 g/mol. The summed E-state index contributed by atoms with van der Waals surface area (Å²) in [5.74, 6) is -0.0987. The number of carbonyl (C=O) groups excluding carboxylic acids is 1. The molecule has 1 aliphatic heterocycles. The lowest BCUT2D eigenvalue weighted by Gasteiger charge is -2.15. The molecule has 1 rings (SSSR count). The highest BCUT2D eigenvalue weighted by atomic mass is 32.2. The van der Waals surface area contributed by atoms with Crippen LogP contribution in [0.1, 0.15) is 13.3 Å². The number of thioether (sulfide) groups is 1. The molecule has 0 amide bonds. The summed E-state index contributed by atoms with van der Waals surface area (Å²) in [7, 11) is 0. The van der Waals surface area contributed by atoms with Crippen molar-refractivity contribution in [2.24, 2.45) is 0 Å². The van der Waals surface area contributed by atoms with Gasteiger partial charge in [-0.3, -0.25) is 10.1 Å². The Balaban J connectivity index is 2.88. The van der Waals surface area contributed by atoms with Crippen LogP contribution in [0.15, 0.2) is 10.7 Å². The van der Waals surface area contributed by atoms with Crippen molar-refractivity contribution in [3.63, 3.8) is 0 Å². The molecule has 7 heteroatoms. The fourth-order valence-electron chi connectivity index (χ4n) is 1.10. The van der Waals surface area contributed by atoms with Crippen molar-refractivity contribution in [2.45, 2.75) is 13.3 Å². The fourth-order valence-corrected chi connectivity index (χ4v) is 2.09. The minimum Gasteiger partial charge on any atom is -0.458 e. The molecule has 6 nitrogen and oxygen atoms in total. The lowest BCUT2D eigenvalue weighted by molar-refractivity contribution is -0.422. The van der Waals surface area contributed by atoms with E-state index in [1.165, 1.54) is 11.8 Å². The molecule has 1 saturated heterocycles. The van der Waals surface area contributed by atoms with Crippen molar-refractivity contribution in [2.75, 3.05) is 18.9 Å². The van der Waals surface area contributed by atoms with Gasteiger partial charge in [0.2, 0.25) is 0 Å². The molecule has 0 aromatic rings. The van der Waals surface area contributed by atoms with Gasteiger partial charge in [-0.2, -0.15) is 0 Å². The monoisotopic (exact) mass is 232 g/mol. The Bertz CT molecular complexity index is 295. The van der Waals surface area contributed by atoms with E-state index in [1.807, 2.05) is 0 Å². The molecule has 0 aromatic heterocycles. The first kappa shape index (κ1) is 11.8. The predicted octanol–water partition coefficient (Wildman–Crippen LogP) is 0.722. The number of hydrogen-bond donors (Lipinski definition) is 1.